The highest BCUT2D eigenvalue weighted by molar-refractivity contribution is 9.10. The van der Waals surface area contributed by atoms with Gasteiger partial charge in [-0.15, -0.1) is 0 Å². The highest BCUT2D eigenvalue weighted by atomic mass is 79.9. The van der Waals surface area contributed by atoms with E-state index < -0.39 is 0 Å². The Morgan fingerprint density at radius 2 is 1.90 bits per heavy atom. The van der Waals surface area contributed by atoms with Crippen LogP contribution in [0.15, 0.2) is 40.9 Å². The molecule has 0 saturated carbocycles. The number of hydrogen-bond donors (Lipinski definition) is 1. The summed E-state index contributed by atoms with van der Waals surface area (Å²) in [5.74, 6) is 0.927. The van der Waals surface area contributed by atoms with Crippen molar-refractivity contribution in [2.45, 2.75) is 12.5 Å². The molecule has 0 bridgehead atoms. The second-order valence-electron chi connectivity index (χ2n) is 4.70. The molecule has 0 aromatic heterocycles. The molecule has 20 heavy (non-hydrogen) atoms. The van der Waals surface area contributed by atoms with Crippen LogP contribution in [0.2, 0.25) is 10.0 Å². The Morgan fingerprint density at radius 1 is 1.15 bits per heavy atom. The SMILES string of the molecule is Clc1ccc(NCC2Cc3cc(Cl)ccc3O2)c(Br)c1. The first-order valence-electron chi connectivity index (χ1n) is 6.26. The zero-order valence-corrected chi connectivity index (χ0v) is 13.6. The minimum absolute atomic E-state index is 0.117. The van der Waals surface area contributed by atoms with Gasteiger partial charge in [-0.1, -0.05) is 23.2 Å². The molecule has 0 aliphatic carbocycles. The summed E-state index contributed by atoms with van der Waals surface area (Å²) in [5.41, 5.74) is 2.17. The lowest BCUT2D eigenvalue weighted by Gasteiger charge is -2.14. The average Bonchev–Trinajstić information content (AvgIpc) is 2.79. The predicted molar refractivity (Wildman–Crippen MR) is 87.2 cm³/mol. The summed E-state index contributed by atoms with van der Waals surface area (Å²) in [6.07, 6.45) is 0.986. The van der Waals surface area contributed by atoms with Crippen molar-refractivity contribution in [1.29, 1.82) is 0 Å². The van der Waals surface area contributed by atoms with Gasteiger partial charge >= 0.3 is 0 Å². The van der Waals surface area contributed by atoms with Crippen LogP contribution in [0.4, 0.5) is 5.69 Å². The molecule has 2 aromatic carbocycles. The van der Waals surface area contributed by atoms with Crippen LogP contribution in [0.1, 0.15) is 5.56 Å². The lowest BCUT2D eigenvalue weighted by atomic mass is 10.1. The van der Waals surface area contributed by atoms with E-state index in [4.69, 9.17) is 27.9 Å². The summed E-state index contributed by atoms with van der Waals surface area (Å²) >= 11 is 15.4. The molecule has 0 radical (unpaired) electrons. The Balaban J connectivity index is 1.63. The van der Waals surface area contributed by atoms with E-state index >= 15 is 0 Å². The van der Waals surface area contributed by atoms with Crippen molar-refractivity contribution < 1.29 is 4.74 Å². The number of fused-ring (bicyclic) bond motifs is 1. The molecule has 0 amide bonds. The van der Waals surface area contributed by atoms with Crippen molar-refractivity contribution in [2.75, 3.05) is 11.9 Å². The van der Waals surface area contributed by atoms with Crippen molar-refractivity contribution in [3.05, 3.63) is 56.5 Å². The fraction of sp³-hybridized carbons (Fsp3) is 0.200. The Hall–Kier alpha value is -0.900. The Morgan fingerprint density at radius 3 is 2.70 bits per heavy atom. The molecule has 0 spiro atoms. The summed E-state index contributed by atoms with van der Waals surface area (Å²) < 4.78 is 6.83. The van der Waals surface area contributed by atoms with E-state index in [0.29, 0.717) is 5.02 Å². The van der Waals surface area contributed by atoms with E-state index in [1.807, 2.05) is 36.4 Å². The molecule has 1 aliphatic heterocycles. The second kappa shape index (κ2) is 5.84. The number of nitrogens with one attached hydrogen (secondary N) is 1. The third-order valence-electron chi connectivity index (χ3n) is 3.22. The Kier molecular flexibility index (Phi) is 4.11. The molecule has 0 fully saturated rings. The maximum atomic E-state index is 5.99. The van der Waals surface area contributed by atoms with Crippen LogP contribution >= 0.6 is 39.1 Å². The molecule has 1 N–H and O–H groups in total. The van der Waals surface area contributed by atoms with Crippen LogP contribution in [0, 0.1) is 0 Å². The quantitative estimate of drug-likeness (QED) is 0.802. The predicted octanol–water partition coefficient (Wildman–Crippen LogP) is 5.17. The third-order valence-corrected chi connectivity index (χ3v) is 4.34. The lowest BCUT2D eigenvalue weighted by Crippen LogP contribution is -2.24. The summed E-state index contributed by atoms with van der Waals surface area (Å²) in [6.45, 7) is 0.729. The van der Waals surface area contributed by atoms with E-state index in [2.05, 4.69) is 21.2 Å². The Labute approximate surface area is 136 Å². The number of halogens is 3. The van der Waals surface area contributed by atoms with E-state index in [1.165, 1.54) is 5.56 Å². The first kappa shape index (κ1) is 14.1. The van der Waals surface area contributed by atoms with E-state index in [9.17, 15) is 0 Å². The van der Waals surface area contributed by atoms with Gasteiger partial charge in [-0.3, -0.25) is 0 Å². The van der Waals surface area contributed by atoms with Gasteiger partial charge in [0.1, 0.15) is 11.9 Å². The topological polar surface area (TPSA) is 21.3 Å². The van der Waals surface area contributed by atoms with Crippen molar-refractivity contribution in [2.24, 2.45) is 0 Å². The molecular formula is C15H12BrCl2NO. The first-order chi connectivity index (χ1) is 9.61. The standard InChI is InChI=1S/C15H12BrCl2NO/c16-13-7-11(18)1-3-14(13)19-8-12-6-9-5-10(17)2-4-15(9)20-12/h1-5,7,12,19H,6,8H2. The van der Waals surface area contributed by atoms with Crippen LogP contribution in [0.25, 0.3) is 0 Å². The van der Waals surface area contributed by atoms with Gasteiger partial charge in [-0.25, -0.2) is 0 Å². The number of benzene rings is 2. The van der Waals surface area contributed by atoms with Crippen molar-refractivity contribution in [3.63, 3.8) is 0 Å². The summed E-state index contributed by atoms with van der Waals surface area (Å²) in [6, 6.07) is 11.4. The minimum atomic E-state index is 0.117. The molecule has 1 unspecified atom stereocenters. The van der Waals surface area contributed by atoms with Gasteiger partial charge < -0.3 is 10.1 Å². The molecule has 5 heteroatoms. The second-order valence-corrected chi connectivity index (χ2v) is 6.43. The van der Waals surface area contributed by atoms with Gasteiger partial charge in [0.2, 0.25) is 0 Å². The van der Waals surface area contributed by atoms with Gasteiger partial charge in [0.25, 0.3) is 0 Å². The molecule has 3 rings (SSSR count). The van der Waals surface area contributed by atoms with Crippen molar-refractivity contribution >= 4 is 44.8 Å². The van der Waals surface area contributed by atoms with E-state index in [-0.39, 0.29) is 6.10 Å². The fourth-order valence-electron chi connectivity index (χ4n) is 2.26. The number of ether oxygens (including phenoxy) is 1. The van der Waals surface area contributed by atoms with Gasteiger partial charge in [0.15, 0.2) is 0 Å². The summed E-state index contributed by atoms with van der Waals surface area (Å²) in [5, 5.41) is 4.83. The largest absolute Gasteiger partial charge is 0.488 e. The normalized spacial score (nSPS) is 16.6. The monoisotopic (exact) mass is 371 g/mol. The highest BCUT2D eigenvalue weighted by Crippen LogP contribution is 2.32. The summed E-state index contributed by atoms with van der Waals surface area (Å²) in [4.78, 5) is 0. The average molecular weight is 373 g/mol. The van der Waals surface area contributed by atoms with Crippen molar-refractivity contribution in [1.82, 2.24) is 0 Å². The third kappa shape index (κ3) is 3.05. The maximum Gasteiger partial charge on any atom is 0.123 e. The minimum Gasteiger partial charge on any atom is -0.488 e. The van der Waals surface area contributed by atoms with Gasteiger partial charge in [0, 0.05) is 26.6 Å². The van der Waals surface area contributed by atoms with Gasteiger partial charge in [0.05, 0.1) is 6.54 Å². The van der Waals surface area contributed by atoms with E-state index in [0.717, 1.165) is 33.9 Å². The molecule has 0 saturated heterocycles. The molecule has 1 heterocycles. The van der Waals surface area contributed by atoms with Crippen LogP contribution in [0.3, 0.4) is 0 Å². The van der Waals surface area contributed by atoms with Crippen LogP contribution < -0.4 is 10.1 Å². The first-order valence-corrected chi connectivity index (χ1v) is 7.81. The molecule has 1 aliphatic rings. The van der Waals surface area contributed by atoms with Gasteiger partial charge in [-0.05, 0) is 57.9 Å². The number of hydrogen-bond acceptors (Lipinski definition) is 2. The smallest absolute Gasteiger partial charge is 0.123 e. The summed E-state index contributed by atoms with van der Waals surface area (Å²) in [7, 11) is 0. The van der Waals surface area contributed by atoms with E-state index in [1.54, 1.807) is 0 Å². The van der Waals surface area contributed by atoms with Crippen LogP contribution in [-0.4, -0.2) is 12.6 Å². The molecule has 2 nitrogen and oxygen atoms in total. The molecule has 2 aromatic rings. The number of rotatable bonds is 3. The molecular weight excluding hydrogens is 361 g/mol. The lowest BCUT2D eigenvalue weighted by molar-refractivity contribution is 0.246. The van der Waals surface area contributed by atoms with Crippen molar-refractivity contribution in [3.8, 4) is 5.75 Å². The highest BCUT2D eigenvalue weighted by Gasteiger charge is 2.22. The molecule has 104 valence electrons. The van der Waals surface area contributed by atoms with Gasteiger partial charge in [-0.2, -0.15) is 0 Å². The molecule has 1 atom stereocenters. The zero-order valence-electron chi connectivity index (χ0n) is 10.5. The van der Waals surface area contributed by atoms with Crippen LogP contribution in [-0.2, 0) is 6.42 Å². The zero-order chi connectivity index (χ0) is 14.1. The number of anilines is 1. The maximum absolute atomic E-state index is 5.99. The fourth-order valence-corrected chi connectivity index (χ4v) is 3.28. The van der Waals surface area contributed by atoms with Crippen LogP contribution in [0.5, 0.6) is 5.75 Å². The Bertz CT molecular complexity index is 648.